The van der Waals surface area contributed by atoms with Crippen molar-refractivity contribution in [2.45, 2.75) is 19.9 Å². The molecular formula is C7H14N2O2. The smallest absolute Gasteiger partial charge is 0.141 e. The summed E-state index contributed by atoms with van der Waals surface area (Å²) in [5.41, 5.74) is 10.7. The second-order valence-electron chi connectivity index (χ2n) is 2.60. The van der Waals surface area contributed by atoms with Crippen LogP contribution in [0.15, 0.2) is 0 Å². The summed E-state index contributed by atoms with van der Waals surface area (Å²) in [6, 6.07) is -0.537. The second kappa shape index (κ2) is 4.20. The fourth-order valence-corrected chi connectivity index (χ4v) is 1.03. The molecule has 4 N–H and O–H groups in total. The van der Waals surface area contributed by atoms with Crippen LogP contribution in [-0.2, 0) is 9.59 Å². The summed E-state index contributed by atoms with van der Waals surface area (Å²) in [5, 5.41) is 0. The van der Waals surface area contributed by atoms with E-state index in [4.69, 9.17) is 11.5 Å². The minimum Gasteiger partial charge on any atom is -0.329 e. The number of nitrogens with two attached hydrogens (primary N) is 2. The molecule has 0 spiro atoms. The number of ketones is 2. The molecule has 0 amide bonds. The van der Waals surface area contributed by atoms with Gasteiger partial charge in [-0.2, -0.15) is 0 Å². The highest BCUT2D eigenvalue weighted by Gasteiger charge is 2.25. The van der Waals surface area contributed by atoms with Gasteiger partial charge in [-0.1, -0.05) is 0 Å². The number of carbonyl (C=O) groups is 2. The Morgan fingerprint density at radius 3 is 1.73 bits per heavy atom. The van der Waals surface area contributed by atoms with Gasteiger partial charge in [0.1, 0.15) is 11.6 Å². The van der Waals surface area contributed by atoms with Crippen molar-refractivity contribution < 1.29 is 9.59 Å². The lowest BCUT2D eigenvalue weighted by Gasteiger charge is -2.16. The molecule has 0 saturated carbocycles. The molecule has 0 aromatic rings. The Hall–Kier alpha value is -0.740. The van der Waals surface area contributed by atoms with Crippen LogP contribution in [0.2, 0.25) is 0 Å². The van der Waals surface area contributed by atoms with Gasteiger partial charge in [0.25, 0.3) is 0 Å². The Morgan fingerprint density at radius 2 is 1.64 bits per heavy atom. The van der Waals surface area contributed by atoms with Crippen LogP contribution in [0.1, 0.15) is 13.8 Å². The average Bonchev–Trinajstić information content (AvgIpc) is 1.85. The van der Waals surface area contributed by atoms with Crippen LogP contribution in [0.5, 0.6) is 0 Å². The van der Waals surface area contributed by atoms with Crippen LogP contribution in [0.25, 0.3) is 0 Å². The van der Waals surface area contributed by atoms with Gasteiger partial charge in [-0.25, -0.2) is 0 Å². The summed E-state index contributed by atoms with van der Waals surface area (Å²) >= 11 is 0. The zero-order valence-electron chi connectivity index (χ0n) is 6.83. The third kappa shape index (κ3) is 2.78. The van der Waals surface area contributed by atoms with Crippen molar-refractivity contribution in [1.82, 2.24) is 0 Å². The van der Waals surface area contributed by atoms with Gasteiger partial charge >= 0.3 is 0 Å². The molecule has 0 saturated heterocycles. The van der Waals surface area contributed by atoms with Crippen molar-refractivity contribution in [3.8, 4) is 0 Å². The van der Waals surface area contributed by atoms with Gasteiger partial charge in [-0.15, -0.1) is 0 Å². The normalized spacial score (nSPS) is 13.2. The van der Waals surface area contributed by atoms with Crippen molar-refractivity contribution in [3.05, 3.63) is 0 Å². The average molecular weight is 158 g/mol. The molecule has 0 aliphatic carbocycles. The van der Waals surface area contributed by atoms with E-state index in [1.807, 2.05) is 0 Å². The van der Waals surface area contributed by atoms with Crippen LogP contribution >= 0.6 is 0 Å². The van der Waals surface area contributed by atoms with E-state index in [2.05, 4.69) is 0 Å². The first-order valence-electron chi connectivity index (χ1n) is 3.47. The van der Waals surface area contributed by atoms with E-state index in [-0.39, 0.29) is 18.1 Å². The molecule has 0 aromatic carbocycles. The summed E-state index contributed by atoms with van der Waals surface area (Å²) in [7, 11) is 0. The topological polar surface area (TPSA) is 86.2 Å². The highest BCUT2D eigenvalue weighted by atomic mass is 16.1. The van der Waals surface area contributed by atoms with Crippen LogP contribution in [-0.4, -0.2) is 24.2 Å². The first-order chi connectivity index (χ1) is 5.00. The monoisotopic (exact) mass is 158 g/mol. The number of hydrogen-bond acceptors (Lipinski definition) is 4. The highest BCUT2D eigenvalue weighted by Crippen LogP contribution is 2.03. The van der Waals surface area contributed by atoms with Gasteiger partial charge < -0.3 is 11.5 Å². The molecule has 0 aromatic heterocycles. The quantitative estimate of drug-likeness (QED) is 0.517. The van der Waals surface area contributed by atoms with E-state index in [1.54, 1.807) is 0 Å². The maximum atomic E-state index is 10.8. The van der Waals surface area contributed by atoms with E-state index >= 15 is 0 Å². The Balaban J connectivity index is 4.34. The van der Waals surface area contributed by atoms with Crippen molar-refractivity contribution in [1.29, 1.82) is 0 Å². The largest absolute Gasteiger partial charge is 0.329 e. The van der Waals surface area contributed by atoms with Gasteiger partial charge in [0.2, 0.25) is 0 Å². The predicted molar refractivity (Wildman–Crippen MR) is 41.9 cm³/mol. The predicted octanol–water partition coefficient (Wildman–Crippen LogP) is -0.933. The Kier molecular flexibility index (Phi) is 3.92. The van der Waals surface area contributed by atoms with Crippen molar-refractivity contribution in [3.63, 3.8) is 0 Å². The summed E-state index contributed by atoms with van der Waals surface area (Å²) in [6.45, 7) is 2.85. The number of carbonyl (C=O) groups excluding carboxylic acids is 2. The molecule has 4 nitrogen and oxygen atoms in total. The molecule has 0 aliphatic rings. The fourth-order valence-electron chi connectivity index (χ4n) is 1.03. The molecule has 0 fully saturated rings. The molecule has 1 atom stereocenters. The van der Waals surface area contributed by atoms with Crippen LogP contribution in [0.3, 0.4) is 0 Å². The minimum absolute atomic E-state index is 0.157. The molecule has 11 heavy (non-hydrogen) atoms. The van der Waals surface area contributed by atoms with Gasteiger partial charge in [0, 0.05) is 12.6 Å². The summed E-state index contributed by atoms with van der Waals surface area (Å²) in [5.74, 6) is -1.15. The first kappa shape index (κ1) is 10.3. The van der Waals surface area contributed by atoms with Crippen LogP contribution in [0.4, 0.5) is 0 Å². The Morgan fingerprint density at radius 1 is 1.27 bits per heavy atom. The molecule has 0 bridgehead atoms. The van der Waals surface area contributed by atoms with Gasteiger partial charge in [0.05, 0.1) is 5.92 Å². The lowest BCUT2D eigenvalue weighted by molar-refractivity contribution is -0.131. The second-order valence-corrected chi connectivity index (χ2v) is 2.60. The molecule has 0 heterocycles. The maximum absolute atomic E-state index is 10.8. The summed E-state index contributed by atoms with van der Waals surface area (Å²) < 4.78 is 0. The lowest BCUT2D eigenvalue weighted by Crippen LogP contribution is -2.44. The molecule has 64 valence electrons. The van der Waals surface area contributed by atoms with Crippen molar-refractivity contribution >= 4 is 11.6 Å². The highest BCUT2D eigenvalue weighted by molar-refractivity contribution is 6.01. The van der Waals surface area contributed by atoms with Gasteiger partial charge in [-0.3, -0.25) is 9.59 Å². The van der Waals surface area contributed by atoms with Crippen molar-refractivity contribution in [2.24, 2.45) is 17.4 Å². The molecule has 1 unspecified atom stereocenters. The summed E-state index contributed by atoms with van der Waals surface area (Å²) in [4.78, 5) is 21.7. The van der Waals surface area contributed by atoms with E-state index in [0.717, 1.165) is 0 Å². The first-order valence-corrected chi connectivity index (χ1v) is 3.47. The molecular weight excluding hydrogens is 144 g/mol. The SMILES string of the molecule is CC(=O)C(C(C)=O)C(N)CN. The molecule has 0 aliphatic heterocycles. The third-order valence-electron chi connectivity index (χ3n) is 1.58. The van der Waals surface area contributed by atoms with E-state index in [9.17, 15) is 9.59 Å². The zero-order valence-corrected chi connectivity index (χ0v) is 6.83. The van der Waals surface area contributed by atoms with E-state index in [1.165, 1.54) is 13.8 Å². The number of rotatable bonds is 4. The number of Topliss-reactive ketones (excluding diaryl/α,β-unsaturated/α-hetero) is 2. The van der Waals surface area contributed by atoms with E-state index < -0.39 is 12.0 Å². The Bertz CT molecular complexity index is 154. The number of hydrogen-bond donors (Lipinski definition) is 2. The molecule has 0 radical (unpaired) electrons. The maximum Gasteiger partial charge on any atom is 0.141 e. The Labute approximate surface area is 65.9 Å². The zero-order chi connectivity index (χ0) is 9.02. The van der Waals surface area contributed by atoms with Crippen molar-refractivity contribution in [2.75, 3.05) is 6.54 Å². The fraction of sp³-hybridized carbons (Fsp3) is 0.714. The molecule has 0 rings (SSSR count). The minimum atomic E-state index is -0.722. The van der Waals surface area contributed by atoms with E-state index in [0.29, 0.717) is 0 Å². The van der Waals surface area contributed by atoms with Crippen LogP contribution < -0.4 is 11.5 Å². The van der Waals surface area contributed by atoms with Crippen LogP contribution in [0, 0.1) is 5.92 Å². The lowest BCUT2D eigenvalue weighted by atomic mass is 9.93. The third-order valence-corrected chi connectivity index (χ3v) is 1.58. The summed E-state index contributed by atoms with van der Waals surface area (Å²) in [6.07, 6.45) is 0. The van der Waals surface area contributed by atoms with Gasteiger partial charge in [-0.05, 0) is 13.8 Å². The molecule has 4 heteroatoms. The van der Waals surface area contributed by atoms with Gasteiger partial charge in [0.15, 0.2) is 0 Å². The standard InChI is InChI=1S/C7H14N2O2/c1-4(10)7(5(2)11)6(9)3-8/h6-7H,3,8-9H2,1-2H3.